The van der Waals surface area contributed by atoms with Gasteiger partial charge in [-0.1, -0.05) is 6.07 Å². The highest BCUT2D eigenvalue weighted by Crippen LogP contribution is 2.24. The van der Waals surface area contributed by atoms with Gasteiger partial charge in [-0.15, -0.1) is 0 Å². The molecule has 0 spiro atoms. The number of furan rings is 1. The van der Waals surface area contributed by atoms with E-state index in [4.69, 9.17) is 9.15 Å². The third kappa shape index (κ3) is 4.25. The van der Waals surface area contributed by atoms with E-state index in [1.165, 1.54) is 0 Å². The maximum atomic E-state index is 12.7. The summed E-state index contributed by atoms with van der Waals surface area (Å²) in [7, 11) is 0. The van der Waals surface area contributed by atoms with E-state index in [-0.39, 0.29) is 18.4 Å². The molecule has 1 atom stereocenters. The van der Waals surface area contributed by atoms with Gasteiger partial charge in [0.1, 0.15) is 5.76 Å². The van der Waals surface area contributed by atoms with Crippen LogP contribution in [0.2, 0.25) is 0 Å². The highest BCUT2D eigenvalue weighted by atomic mass is 16.5. The Kier molecular flexibility index (Phi) is 5.29. The van der Waals surface area contributed by atoms with Crippen LogP contribution in [0.3, 0.4) is 0 Å². The predicted molar refractivity (Wildman–Crippen MR) is 97.6 cm³/mol. The predicted octanol–water partition coefficient (Wildman–Crippen LogP) is 2.60. The Hall–Kier alpha value is -2.93. The molecular weight excluding hydrogens is 344 g/mol. The molecule has 4 heterocycles. The minimum Gasteiger partial charge on any atom is -0.469 e. The van der Waals surface area contributed by atoms with Crippen LogP contribution in [-0.2, 0) is 29.1 Å². The maximum absolute atomic E-state index is 12.7. The van der Waals surface area contributed by atoms with Gasteiger partial charge in [0.05, 0.1) is 43.3 Å². The Morgan fingerprint density at radius 1 is 1.22 bits per heavy atom. The molecule has 7 heteroatoms. The number of ether oxygens (including phenoxy) is 1. The molecule has 3 aromatic heterocycles. The molecule has 1 amide bonds. The van der Waals surface area contributed by atoms with Gasteiger partial charge >= 0.3 is 0 Å². The Labute approximate surface area is 157 Å². The molecule has 27 heavy (non-hydrogen) atoms. The fourth-order valence-electron chi connectivity index (χ4n) is 3.34. The summed E-state index contributed by atoms with van der Waals surface area (Å²) in [6, 6.07) is 11.5. The molecule has 0 radical (unpaired) electrons. The Morgan fingerprint density at radius 3 is 3.00 bits per heavy atom. The minimum absolute atomic E-state index is 0.0665. The van der Waals surface area contributed by atoms with E-state index < -0.39 is 0 Å². The summed E-state index contributed by atoms with van der Waals surface area (Å²) in [5.41, 5.74) is 1.96. The molecule has 1 aliphatic heterocycles. The number of hydrogen-bond acceptors (Lipinski definition) is 5. The number of amides is 1. The lowest BCUT2D eigenvalue weighted by Crippen LogP contribution is -2.42. The van der Waals surface area contributed by atoms with Crippen molar-refractivity contribution in [2.45, 2.75) is 32.0 Å². The Bertz CT molecular complexity index is 861. The molecule has 4 rings (SSSR count). The van der Waals surface area contributed by atoms with E-state index in [9.17, 15) is 4.79 Å². The van der Waals surface area contributed by atoms with Crippen molar-refractivity contribution < 1.29 is 13.9 Å². The molecule has 0 N–H and O–H groups in total. The maximum Gasteiger partial charge on any atom is 0.230 e. The fraction of sp³-hybridized carbons (Fsp3) is 0.350. The van der Waals surface area contributed by atoms with Gasteiger partial charge in [-0.25, -0.2) is 0 Å². The summed E-state index contributed by atoms with van der Waals surface area (Å²) in [5.74, 6) is 0.756. The number of aromatic nitrogens is 3. The molecule has 3 aromatic rings. The first kappa shape index (κ1) is 17.5. The van der Waals surface area contributed by atoms with Crippen LogP contribution in [0.25, 0.3) is 0 Å². The van der Waals surface area contributed by atoms with Crippen LogP contribution in [0.1, 0.15) is 29.6 Å². The summed E-state index contributed by atoms with van der Waals surface area (Å²) in [6.45, 7) is 2.27. The van der Waals surface area contributed by atoms with Crippen molar-refractivity contribution in [2.24, 2.45) is 0 Å². The zero-order chi connectivity index (χ0) is 18.5. The van der Waals surface area contributed by atoms with E-state index in [1.807, 2.05) is 39.9 Å². The zero-order valence-corrected chi connectivity index (χ0v) is 15.0. The van der Waals surface area contributed by atoms with E-state index in [0.29, 0.717) is 32.1 Å². The molecule has 1 aliphatic rings. The van der Waals surface area contributed by atoms with E-state index in [2.05, 4.69) is 10.1 Å². The quantitative estimate of drug-likeness (QED) is 0.601. The zero-order valence-electron chi connectivity index (χ0n) is 15.0. The highest BCUT2D eigenvalue weighted by molar-refractivity contribution is 5.78. The summed E-state index contributed by atoms with van der Waals surface area (Å²) in [4.78, 5) is 18.8. The largest absolute Gasteiger partial charge is 0.469 e. The monoisotopic (exact) mass is 366 g/mol. The van der Waals surface area contributed by atoms with Crippen LogP contribution in [0.4, 0.5) is 0 Å². The van der Waals surface area contributed by atoms with Crippen molar-refractivity contribution >= 4 is 5.91 Å². The lowest BCUT2D eigenvalue weighted by Gasteiger charge is -2.34. The Balaban J connectivity index is 1.34. The van der Waals surface area contributed by atoms with Crippen molar-refractivity contribution in [1.29, 1.82) is 0 Å². The van der Waals surface area contributed by atoms with Crippen LogP contribution in [0.15, 0.2) is 59.5 Å². The summed E-state index contributed by atoms with van der Waals surface area (Å²) in [6.07, 6.45) is 6.21. The topological polar surface area (TPSA) is 73.4 Å². The lowest BCUT2D eigenvalue weighted by atomic mass is 10.1. The van der Waals surface area contributed by atoms with Crippen molar-refractivity contribution in [3.05, 3.63) is 72.2 Å². The van der Waals surface area contributed by atoms with Gasteiger partial charge < -0.3 is 14.1 Å². The molecule has 0 saturated heterocycles. The first-order valence-corrected chi connectivity index (χ1v) is 9.10. The van der Waals surface area contributed by atoms with Crippen LogP contribution in [0.5, 0.6) is 0 Å². The molecule has 0 fully saturated rings. The summed E-state index contributed by atoms with van der Waals surface area (Å²) < 4.78 is 13.1. The van der Waals surface area contributed by atoms with Crippen molar-refractivity contribution in [2.75, 3.05) is 13.2 Å². The van der Waals surface area contributed by atoms with Gasteiger partial charge in [-0.05, 0) is 36.8 Å². The molecule has 0 saturated carbocycles. The second-order valence-corrected chi connectivity index (χ2v) is 6.61. The van der Waals surface area contributed by atoms with Crippen molar-refractivity contribution in [3.63, 3.8) is 0 Å². The van der Waals surface area contributed by atoms with E-state index in [1.54, 1.807) is 24.7 Å². The van der Waals surface area contributed by atoms with E-state index >= 15 is 0 Å². The normalized spacial score (nSPS) is 16.3. The number of pyridine rings is 1. The smallest absolute Gasteiger partial charge is 0.230 e. The standard InChI is InChI=1S/C20H22N4O3/c25-20(12-19-5-3-10-27-19)23-13-17-6-9-22-24(17)18(14-23)7-11-26-15-16-4-1-2-8-21-16/h1-6,8-10,18H,7,11-15H2. The third-order valence-electron chi connectivity index (χ3n) is 4.71. The lowest BCUT2D eigenvalue weighted by molar-refractivity contribution is -0.133. The van der Waals surface area contributed by atoms with Gasteiger partial charge in [-0.3, -0.25) is 14.5 Å². The number of carbonyl (C=O) groups is 1. The average molecular weight is 366 g/mol. The second-order valence-electron chi connectivity index (χ2n) is 6.61. The Morgan fingerprint density at radius 2 is 2.19 bits per heavy atom. The first-order valence-electron chi connectivity index (χ1n) is 9.10. The number of rotatable bonds is 7. The van der Waals surface area contributed by atoms with Crippen LogP contribution < -0.4 is 0 Å². The SMILES string of the molecule is O=C(Cc1ccco1)N1Cc2ccnn2C(CCOCc2ccccn2)C1. The molecule has 0 aliphatic carbocycles. The van der Waals surface area contributed by atoms with Crippen molar-refractivity contribution in [1.82, 2.24) is 19.7 Å². The summed E-state index contributed by atoms with van der Waals surface area (Å²) >= 11 is 0. The summed E-state index contributed by atoms with van der Waals surface area (Å²) in [5, 5.41) is 4.44. The number of nitrogens with zero attached hydrogens (tertiary/aromatic N) is 4. The number of fused-ring (bicyclic) bond motifs is 1. The number of carbonyl (C=O) groups excluding carboxylic acids is 1. The average Bonchev–Trinajstić information content (AvgIpc) is 3.37. The van der Waals surface area contributed by atoms with Gasteiger partial charge in [0.25, 0.3) is 0 Å². The molecule has 1 unspecified atom stereocenters. The van der Waals surface area contributed by atoms with Crippen LogP contribution in [-0.4, -0.2) is 38.7 Å². The molecule has 140 valence electrons. The molecule has 0 bridgehead atoms. The molecule has 7 nitrogen and oxygen atoms in total. The fourth-order valence-corrected chi connectivity index (χ4v) is 3.34. The van der Waals surface area contributed by atoms with Gasteiger partial charge in [0, 0.05) is 25.5 Å². The van der Waals surface area contributed by atoms with E-state index in [0.717, 1.165) is 17.8 Å². The van der Waals surface area contributed by atoms with Gasteiger partial charge in [0.15, 0.2) is 0 Å². The molecular formula is C20H22N4O3. The third-order valence-corrected chi connectivity index (χ3v) is 4.71. The highest BCUT2D eigenvalue weighted by Gasteiger charge is 2.28. The van der Waals surface area contributed by atoms with Crippen LogP contribution in [0, 0.1) is 0 Å². The molecule has 0 aromatic carbocycles. The number of hydrogen-bond donors (Lipinski definition) is 0. The van der Waals surface area contributed by atoms with Crippen LogP contribution >= 0.6 is 0 Å². The van der Waals surface area contributed by atoms with Gasteiger partial charge in [0.2, 0.25) is 5.91 Å². The van der Waals surface area contributed by atoms with Crippen molar-refractivity contribution in [3.8, 4) is 0 Å². The minimum atomic E-state index is 0.0665. The van der Waals surface area contributed by atoms with Gasteiger partial charge in [-0.2, -0.15) is 5.10 Å². The first-order chi connectivity index (χ1) is 13.3. The second kappa shape index (κ2) is 8.18.